The van der Waals surface area contributed by atoms with Gasteiger partial charge in [-0.05, 0) is 25.7 Å². The van der Waals surface area contributed by atoms with Crippen LogP contribution in [0.1, 0.15) is 19.8 Å². The maximum atomic E-state index is 11.7. The van der Waals surface area contributed by atoms with Gasteiger partial charge in [0.05, 0.1) is 0 Å². The smallest absolute Gasteiger partial charge is 0.317 e. The molecule has 0 bridgehead atoms. The van der Waals surface area contributed by atoms with Crippen LogP contribution in [0.2, 0.25) is 0 Å². The van der Waals surface area contributed by atoms with Crippen LogP contribution in [0.5, 0.6) is 0 Å². The molecule has 1 saturated heterocycles. The molecule has 4 heteroatoms. The van der Waals surface area contributed by atoms with Gasteiger partial charge in [-0.25, -0.2) is 4.79 Å². The van der Waals surface area contributed by atoms with E-state index < -0.39 is 0 Å². The summed E-state index contributed by atoms with van der Waals surface area (Å²) in [6.07, 6.45) is 2.56. The standard InChI is InChI=1S/C10H19N3O/c1-8(9-2-3-9)12-10(14)13-6-4-11-5-7-13/h8-9,11H,2-7H2,1H3,(H,12,14). The van der Waals surface area contributed by atoms with E-state index in [1.54, 1.807) is 0 Å². The highest BCUT2D eigenvalue weighted by molar-refractivity contribution is 5.74. The van der Waals surface area contributed by atoms with Crippen LogP contribution in [-0.4, -0.2) is 43.2 Å². The summed E-state index contributed by atoms with van der Waals surface area (Å²) in [5.41, 5.74) is 0. The minimum Gasteiger partial charge on any atom is -0.335 e. The summed E-state index contributed by atoms with van der Waals surface area (Å²) in [5.74, 6) is 0.738. The summed E-state index contributed by atoms with van der Waals surface area (Å²) in [6, 6.07) is 0.475. The number of rotatable bonds is 2. The van der Waals surface area contributed by atoms with Crippen molar-refractivity contribution < 1.29 is 4.79 Å². The minimum atomic E-state index is 0.117. The van der Waals surface area contributed by atoms with Gasteiger partial charge < -0.3 is 15.5 Å². The van der Waals surface area contributed by atoms with E-state index >= 15 is 0 Å². The lowest BCUT2D eigenvalue weighted by molar-refractivity contribution is 0.185. The first kappa shape index (κ1) is 9.77. The van der Waals surface area contributed by atoms with Crippen molar-refractivity contribution in [1.29, 1.82) is 0 Å². The molecule has 1 heterocycles. The molecule has 2 N–H and O–H groups in total. The Kier molecular flexibility index (Phi) is 2.91. The fourth-order valence-electron chi connectivity index (χ4n) is 1.87. The SMILES string of the molecule is CC(NC(=O)N1CCNCC1)C1CC1. The molecular weight excluding hydrogens is 178 g/mol. The summed E-state index contributed by atoms with van der Waals surface area (Å²) in [4.78, 5) is 13.6. The maximum Gasteiger partial charge on any atom is 0.317 e. The first-order chi connectivity index (χ1) is 6.77. The van der Waals surface area contributed by atoms with Crippen molar-refractivity contribution in [3.05, 3.63) is 0 Å². The lowest BCUT2D eigenvalue weighted by Crippen LogP contribution is -2.52. The number of carbonyl (C=O) groups is 1. The zero-order valence-corrected chi connectivity index (χ0v) is 8.75. The van der Waals surface area contributed by atoms with Gasteiger partial charge in [0.2, 0.25) is 0 Å². The lowest BCUT2D eigenvalue weighted by atomic mass is 10.2. The molecule has 1 aliphatic heterocycles. The number of hydrogen-bond donors (Lipinski definition) is 2. The number of hydrogen-bond acceptors (Lipinski definition) is 2. The number of nitrogens with zero attached hydrogens (tertiary/aromatic N) is 1. The zero-order valence-electron chi connectivity index (χ0n) is 8.75. The van der Waals surface area contributed by atoms with E-state index in [1.807, 2.05) is 4.90 Å². The van der Waals surface area contributed by atoms with Crippen LogP contribution >= 0.6 is 0 Å². The third-order valence-corrected chi connectivity index (χ3v) is 3.08. The van der Waals surface area contributed by atoms with Crippen LogP contribution in [0.15, 0.2) is 0 Å². The molecule has 0 aromatic heterocycles. The maximum absolute atomic E-state index is 11.7. The Morgan fingerprint density at radius 2 is 2.07 bits per heavy atom. The van der Waals surface area contributed by atoms with Gasteiger partial charge >= 0.3 is 6.03 Å². The highest BCUT2D eigenvalue weighted by Crippen LogP contribution is 2.32. The molecule has 1 saturated carbocycles. The number of urea groups is 1. The van der Waals surface area contributed by atoms with E-state index in [-0.39, 0.29) is 6.03 Å². The molecule has 2 aliphatic rings. The average molecular weight is 197 g/mol. The average Bonchev–Trinajstić information content (AvgIpc) is 3.02. The summed E-state index contributed by atoms with van der Waals surface area (Å²) < 4.78 is 0. The summed E-state index contributed by atoms with van der Waals surface area (Å²) in [6.45, 7) is 5.63. The van der Waals surface area contributed by atoms with Gasteiger partial charge in [0.25, 0.3) is 0 Å². The van der Waals surface area contributed by atoms with E-state index in [2.05, 4.69) is 17.6 Å². The Bertz CT molecular complexity index is 209. The second kappa shape index (κ2) is 4.17. The molecule has 80 valence electrons. The van der Waals surface area contributed by atoms with Gasteiger partial charge in [0.1, 0.15) is 0 Å². The van der Waals surface area contributed by atoms with Gasteiger partial charge in [-0.3, -0.25) is 0 Å². The van der Waals surface area contributed by atoms with E-state index in [0.29, 0.717) is 6.04 Å². The third kappa shape index (κ3) is 2.38. The Labute approximate surface area is 85.0 Å². The number of carbonyl (C=O) groups excluding carboxylic acids is 1. The zero-order chi connectivity index (χ0) is 9.97. The first-order valence-corrected chi connectivity index (χ1v) is 5.53. The van der Waals surface area contributed by atoms with Crippen molar-refractivity contribution in [3.63, 3.8) is 0 Å². The molecule has 1 atom stereocenters. The highest BCUT2D eigenvalue weighted by atomic mass is 16.2. The van der Waals surface area contributed by atoms with Crippen LogP contribution < -0.4 is 10.6 Å². The Balaban J connectivity index is 1.75. The van der Waals surface area contributed by atoms with Crippen molar-refractivity contribution in [2.75, 3.05) is 26.2 Å². The van der Waals surface area contributed by atoms with E-state index in [9.17, 15) is 4.79 Å². The quantitative estimate of drug-likeness (QED) is 0.673. The molecule has 2 amide bonds. The van der Waals surface area contributed by atoms with Crippen molar-refractivity contribution in [3.8, 4) is 0 Å². The van der Waals surface area contributed by atoms with E-state index in [0.717, 1.165) is 32.1 Å². The Hall–Kier alpha value is -0.770. The molecule has 0 radical (unpaired) electrons. The first-order valence-electron chi connectivity index (χ1n) is 5.53. The lowest BCUT2D eigenvalue weighted by Gasteiger charge is -2.29. The van der Waals surface area contributed by atoms with Gasteiger partial charge in [0, 0.05) is 32.2 Å². The van der Waals surface area contributed by atoms with Crippen LogP contribution in [0.4, 0.5) is 4.79 Å². The number of nitrogens with one attached hydrogen (secondary N) is 2. The van der Waals surface area contributed by atoms with Gasteiger partial charge in [0.15, 0.2) is 0 Å². The van der Waals surface area contributed by atoms with Crippen LogP contribution in [-0.2, 0) is 0 Å². The largest absolute Gasteiger partial charge is 0.335 e. The summed E-state index contributed by atoms with van der Waals surface area (Å²) >= 11 is 0. The van der Waals surface area contributed by atoms with Crippen molar-refractivity contribution in [1.82, 2.24) is 15.5 Å². The van der Waals surface area contributed by atoms with E-state index in [1.165, 1.54) is 12.8 Å². The topological polar surface area (TPSA) is 44.4 Å². The Morgan fingerprint density at radius 1 is 1.43 bits per heavy atom. The van der Waals surface area contributed by atoms with Crippen molar-refractivity contribution >= 4 is 6.03 Å². The van der Waals surface area contributed by atoms with Gasteiger partial charge in [-0.1, -0.05) is 0 Å². The number of amides is 2. The fourth-order valence-corrected chi connectivity index (χ4v) is 1.87. The highest BCUT2D eigenvalue weighted by Gasteiger charge is 2.30. The molecule has 0 aromatic carbocycles. The minimum absolute atomic E-state index is 0.117. The molecule has 4 nitrogen and oxygen atoms in total. The van der Waals surface area contributed by atoms with Gasteiger partial charge in [-0.2, -0.15) is 0 Å². The summed E-state index contributed by atoms with van der Waals surface area (Å²) in [7, 11) is 0. The second-order valence-electron chi connectivity index (χ2n) is 4.31. The van der Waals surface area contributed by atoms with Crippen LogP contribution in [0.3, 0.4) is 0 Å². The molecule has 14 heavy (non-hydrogen) atoms. The molecule has 1 aliphatic carbocycles. The molecule has 0 spiro atoms. The second-order valence-corrected chi connectivity index (χ2v) is 4.31. The predicted molar refractivity (Wildman–Crippen MR) is 55.2 cm³/mol. The molecule has 0 aromatic rings. The fraction of sp³-hybridized carbons (Fsp3) is 0.900. The van der Waals surface area contributed by atoms with Crippen LogP contribution in [0, 0.1) is 5.92 Å². The molecule has 2 fully saturated rings. The monoisotopic (exact) mass is 197 g/mol. The predicted octanol–water partition coefficient (Wildman–Crippen LogP) is 0.400. The third-order valence-electron chi connectivity index (χ3n) is 3.08. The normalized spacial score (nSPS) is 24.5. The summed E-state index contributed by atoms with van der Waals surface area (Å²) in [5, 5.41) is 6.31. The number of piperazine rings is 1. The Morgan fingerprint density at radius 3 is 2.64 bits per heavy atom. The van der Waals surface area contributed by atoms with E-state index in [4.69, 9.17) is 0 Å². The molecule has 2 rings (SSSR count). The van der Waals surface area contributed by atoms with Gasteiger partial charge in [-0.15, -0.1) is 0 Å². The molecule has 1 unspecified atom stereocenters. The van der Waals surface area contributed by atoms with Crippen molar-refractivity contribution in [2.45, 2.75) is 25.8 Å². The van der Waals surface area contributed by atoms with Crippen molar-refractivity contribution in [2.24, 2.45) is 5.92 Å². The van der Waals surface area contributed by atoms with Crippen LogP contribution in [0.25, 0.3) is 0 Å². The molecular formula is C10H19N3O.